The lowest BCUT2D eigenvalue weighted by atomic mass is 10.1. The molecular weight excluding hydrogens is 136 g/mol. The van der Waals surface area contributed by atoms with E-state index in [2.05, 4.69) is 6.58 Å². The van der Waals surface area contributed by atoms with Crippen molar-refractivity contribution in [2.75, 3.05) is 0 Å². The summed E-state index contributed by atoms with van der Waals surface area (Å²) in [4.78, 5) is 0. The lowest BCUT2D eigenvalue weighted by Crippen LogP contribution is -1.97. The standard InChI is InChI=1S/C9H12N2/c1-7(11)9-4-2-8(6-10)3-5-9/h2-5H,1,6,10-11H2. The fourth-order valence-corrected chi connectivity index (χ4v) is 0.855. The first-order chi connectivity index (χ1) is 5.24. The Kier molecular flexibility index (Phi) is 2.28. The molecule has 0 radical (unpaired) electrons. The smallest absolute Gasteiger partial charge is 0.0314 e. The van der Waals surface area contributed by atoms with E-state index in [9.17, 15) is 0 Å². The summed E-state index contributed by atoms with van der Waals surface area (Å²) in [7, 11) is 0. The minimum atomic E-state index is 0.567. The molecule has 1 aromatic carbocycles. The first kappa shape index (κ1) is 7.82. The van der Waals surface area contributed by atoms with E-state index in [-0.39, 0.29) is 0 Å². The average Bonchev–Trinajstić information content (AvgIpc) is 2.05. The fraction of sp³-hybridized carbons (Fsp3) is 0.111. The van der Waals surface area contributed by atoms with Crippen LogP contribution < -0.4 is 11.5 Å². The lowest BCUT2D eigenvalue weighted by Gasteiger charge is -2.00. The minimum absolute atomic E-state index is 0.567. The molecule has 0 aliphatic heterocycles. The quantitative estimate of drug-likeness (QED) is 0.659. The molecule has 4 N–H and O–H groups in total. The van der Waals surface area contributed by atoms with Crippen LogP contribution in [0.5, 0.6) is 0 Å². The summed E-state index contributed by atoms with van der Waals surface area (Å²) in [6.07, 6.45) is 0. The van der Waals surface area contributed by atoms with Crippen molar-refractivity contribution in [1.82, 2.24) is 0 Å². The zero-order chi connectivity index (χ0) is 8.27. The largest absolute Gasteiger partial charge is 0.399 e. The first-order valence-corrected chi connectivity index (χ1v) is 3.48. The van der Waals surface area contributed by atoms with Gasteiger partial charge in [-0.05, 0) is 11.1 Å². The topological polar surface area (TPSA) is 52.0 Å². The number of hydrogen-bond acceptors (Lipinski definition) is 2. The van der Waals surface area contributed by atoms with E-state index in [1.165, 1.54) is 0 Å². The van der Waals surface area contributed by atoms with Gasteiger partial charge in [0.25, 0.3) is 0 Å². The summed E-state index contributed by atoms with van der Waals surface area (Å²) in [6.45, 7) is 4.19. The minimum Gasteiger partial charge on any atom is -0.399 e. The molecule has 0 atom stereocenters. The van der Waals surface area contributed by atoms with E-state index in [0.717, 1.165) is 11.1 Å². The highest BCUT2D eigenvalue weighted by atomic mass is 14.6. The van der Waals surface area contributed by atoms with Gasteiger partial charge in [0.1, 0.15) is 0 Å². The van der Waals surface area contributed by atoms with E-state index in [4.69, 9.17) is 11.5 Å². The van der Waals surface area contributed by atoms with Crippen LogP contribution >= 0.6 is 0 Å². The highest BCUT2D eigenvalue weighted by Gasteiger charge is 1.92. The van der Waals surface area contributed by atoms with Gasteiger partial charge >= 0.3 is 0 Å². The third-order valence-corrected chi connectivity index (χ3v) is 1.56. The fourth-order valence-electron chi connectivity index (χ4n) is 0.855. The van der Waals surface area contributed by atoms with Gasteiger partial charge in [0.05, 0.1) is 0 Å². The molecule has 2 heteroatoms. The molecule has 58 valence electrons. The maximum absolute atomic E-state index is 5.48. The number of rotatable bonds is 2. The van der Waals surface area contributed by atoms with Gasteiger partial charge in [-0.1, -0.05) is 30.8 Å². The Morgan fingerprint density at radius 3 is 2.18 bits per heavy atom. The Hall–Kier alpha value is -1.28. The van der Waals surface area contributed by atoms with Crippen molar-refractivity contribution < 1.29 is 0 Å². The second kappa shape index (κ2) is 3.21. The molecule has 1 rings (SSSR count). The third kappa shape index (κ3) is 1.82. The first-order valence-electron chi connectivity index (χ1n) is 3.48. The van der Waals surface area contributed by atoms with Gasteiger partial charge in [-0.3, -0.25) is 0 Å². The lowest BCUT2D eigenvalue weighted by molar-refractivity contribution is 1.07. The van der Waals surface area contributed by atoms with E-state index >= 15 is 0 Å². The molecule has 2 nitrogen and oxygen atoms in total. The summed E-state index contributed by atoms with van der Waals surface area (Å²) in [5, 5.41) is 0. The Morgan fingerprint density at radius 1 is 1.27 bits per heavy atom. The summed E-state index contributed by atoms with van der Waals surface area (Å²) < 4.78 is 0. The van der Waals surface area contributed by atoms with Gasteiger partial charge in [0.2, 0.25) is 0 Å². The SMILES string of the molecule is C=C(N)c1ccc(CN)cc1. The molecule has 0 aromatic heterocycles. The molecule has 0 unspecified atom stereocenters. The van der Waals surface area contributed by atoms with Gasteiger partial charge < -0.3 is 11.5 Å². The molecule has 0 aliphatic carbocycles. The van der Waals surface area contributed by atoms with Crippen molar-refractivity contribution >= 4 is 5.70 Å². The molecular formula is C9H12N2. The highest BCUT2D eigenvalue weighted by molar-refractivity contribution is 5.60. The van der Waals surface area contributed by atoms with Gasteiger partial charge in [0.15, 0.2) is 0 Å². The van der Waals surface area contributed by atoms with Crippen molar-refractivity contribution in [2.24, 2.45) is 11.5 Å². The predicted molar refractivity (Wildman–Crippen MR) is 47.6 cm³/mol. The van der Waals surface area contributed by atoms with E-state index < -0.39 is 0 Å². The summed E-state index contributed by atoms with van der Waals surface area (Å²) in [6, 6.07) is 7.75. The van der Waals surface area contributed by atoms with Gasteiger partial charge in [-0.25, -0.2) is 0 Å². The molecule has 0 fully saturated rings. The van der Waals surface area contributed by atoms with Crippen LogP contribution in [0, 0.1) is 0 Å². The zero-order valence-electron chi connectivity index (χ0n) is 6.38. The van der Waals surface area contributed by atoms with Crippen LogP contribution in [0.1, 0.15) is 11.1 Å². The molecule has 1 aromatic rings. The molecule has 0 spiro atoms. The van der Waals surface area contributed by atoms with Crippen LogP contribution in [-0.4, -0.2) is 0 Å². The Bertz CT molecular complexity index is 249. The van der Waals surface area contributed by atoms with Crippen molar-refractivity contribution in [3.8, 4) is 0 Å². The number of nitrogens with two attached hydrogens (primary N) is 2. The maximum atomic E-state index is 5.48. The second-order valence-electron chi connectivity index (χ2n) is 2.43. The third-order valence-electron chi connectivity index (χ3n) is 1.56. The molecule has 0 heterocycles. The Labute approximate surface area is 66.5 Å². The van der Waals surface area contributed by atoms with Crippen molar-refractivity contribution in [1.29, 1.82) is 0 Å². The van der Waals surface area contributed by atoms with Crippen LogP contribution in [0.4, 0.5) is 0 Å². The zero-order valence-corrected chi connectivity index (χ0v) is 6.38. The van der Waals surface area contributed by atoms with Crippen molar-refractivity contribution in [2.45, 2.75) is 6.54 Å². The van der Waals surface area contributed by atoms with E-state index in [1.54, 1.807) is 0 Å². The molecule has 0 amide bonds. The Morgan fingerprint density at radius 2 is 1.82 bits per heavy atom. The van der Waals surface area contributed by atoms with Crippen LogP contribution in [-0.2, 0) is 6.54 Å². The van der Waals surface area contributed by atoms with Crippen LogP contribution in [0.3, 0.4) is 0 Å². The highest BCUT2D eigenvalue weighted by Crippen LogP contribution is 2.07. The van der Waals surface area contributed by atoms with Crippen LogP contribution in [0.2, 0.25) is 0 Å². The summed E-state index contributed by atoms with van der Waals surface area (Å²) in [5.74, 6) is 0. The summed E-state index contributed by atoms with van der Waals surface area (Å²) >= 11 is 0. The van der Waals surface area contributed by atoms with E-state index in [1.807, 2.05) is 24.3 Å². The second-order valence-corrected chi connectivity index (χ2v) is 2.43. The van der Waals surface area contributed by atoms with Gasteiger partial charge in [-0.15, -0.1) is 0 Å². The number of hydrogen-bond donors (Lipinski definition) is 2. The van der Waals surface area contributed by atoms with Crippen LogP contribution in [0.15, 0.2) is 30.8 Å². The maximum Gasteiger partial charge on any atom is 0.0314 e. The van der Waals surface area contributed by atoms with Crippen molar-refractivity contribution in [3.63, 3.8) is 0 Å². The Balaban J connectivity index is 2.91. The molecule has 0 saturated heterocycles. The van der Waals surface area contributed by atoms with E-state index in [0.29, 0.717) is 12.2 Å². The van der Waals surface area contributed by atoms with Gasteiger partial charge in [-0.2, -0.15) is 0 Å². The molecule has 0 bridgehead atoms. The van der Waals surface area contributed by atoms with Crippen LogP contribution in [0.25, 0.3) is 5.70 Å². The monoisotopic (exact) mass is 148 g/mol. The normalized spacial score (nSPS) is 9.55. The van der Waals surface area contributed by atoms with Crippen molar-refractivity contribution in [3.05, 3.63) is 42.0 Å². The molecule has 0 saturated carbocycles. The average molecular weight is 148 g/mol. The summed E-state index contributed by atoms with van der Waals surface area (Å²) in [5.41, 5.74) is 13.6. The van der Waals surface area contributed by atoms with Gasteiger partial charge in [0, 0.05) is 12.2 Å². The molecule has 11 heavy (non-hydrogen) atoms. The predicted octanol–water partition coefficient (Wildman–Crippen LogP) is 1.07. The molecule has 0 aliphatic rings. The number of benzene rings is 1.